The van der Waals surface area contributed by atoms with Crippen LogP contribution >= 0.6 is 0 Å². The molecule has 2 aliphatic rings. The third kappa shape index (κ3) is 2.99. The molecule has 3 aromatic heterocycles. The predicted molar refractivity (Wildman–Crippen MR) is 137 cm³/mol. The molecule has 0 saturated carbocycles. The first-order valence-electron chi connectivity index (χ1n) is 12.4. The van der Waals surface area contributed by atoms with Gasteiger partial charge in [0.25, 0.3) is 5.91 Å². The summed E-state index contributed by atoms with van der Waals surface area (Å²) < 4.78 is 4.30. The summed E-state index contributed by atoms with van der Waals surface area (Å²) in [6, 6.07) is 20.8. The van der Waals surface area contributed by atoms with Crippen molar-refractivity contribution in [2.45, 2.75) is 37.8 Å². The van der Waals surface area contributed by atoms with Gasteiger partial charge in [-0.1, -0.05) is 24.3 Å². The molecule has 1 fully saturated rings. The Labute approximate surface area is 203 Å². The summed E-state index contributed by atoms with van der Waals surface area (Å²) in [4.78, 5) is 20.4. The van der Waals surface area contributed by atoms with Crippen molar-refractivity contribution in [1.82, 2.24) is 24.2 Å². The molecule has 5 aromatic rings. The lowest BCUT2D eigenvalue weighted by molar-refractivity contribution is 0.0392. The van der Waals surface area contributed by atoms with E-state index in [1.807, 2.05) is 42.1 Å². The summed E-state index contributed by atoms with van der Waals surface area (Å²) in [5.41, 5.74) is 7.60. The number of aromatic nitrogens is 4. The van der Waals surface area contributed by atoms with E-state index >= 15 is 0 Å². The molecule has 2 atom stereocenters. The van der Waals surface area contributed by atoms with Gasteiger partial charge in [-0.2, -0.15) is 5.10 Å². The first-order chi connectivity index (χ1) is 17.1. The maximum atomic E-state index is 13.9. The molecule has 2 bridgehead atoms. The lowest BCUT2D eigenvalue weighted by Crippen LogP contribution is -2.49. The lowest BCUT2D eigenvalue weighted by Gasteiger charge is -2.45. The Hall–Kier alpha value is -3.93. The summed E-state index contributed by atoms with van der Waals surface area (Å²) in [7, 11) is 4.17. The number of rotatable bonds is 2. The van der Waals surface area contributed by atoms with Crippen molar-refractivity contribution in [3.8, 4) is 11.4 Å². The van der Waals surface area contributed by atoms with Crippen LogP contribution in [0.1, 0.15) is 46.9 Å². The first kappa shape index (κ1) is 20.4. The third-order valence-corrected chi connectivity index (χ3v) is 7.95. The third-order valence-electron chi connectivity index (χ3n) is 7.95. The van der Waals surface area contributed by atoms with Gasteiger partial charge < -0.3 is 9.47 Å². The molecule has 0 N–H and O–H groups in total. The van der Waals surface area contributed by atoms with Gasteiger partial charge in [0.05, 0.1) is 28.6 Å². The second kappa shape index (κ2) is 7.54. The minimum absolute atomic E-state index is 0.0178. The molecule has 0 aliphatic carbocycles. The SMILES string of the molecule is Cn1nc2c(c1-c1cc3ccccc3n1C)C[C@H]1CCC[C@@H]2N1C(=O)c1ccc2ncccc2c1. The maximum Gasteiger partial charge on any atom is 0.254 e. The van der Waals surface area contributed by atoms with E-state index in [1.165, 1.54) is 27.9 Å². The van der Waals surface area contributed by atoms with Crippen molar-refractivity contribution in [1.29, 1.82) is 0 Å². The average molecular weight is 462 g/mol. The molecule has 0 radical (unpaired) electrons. The topological polar surface area (TPSA) is 56.0 Å². The predicted octanol–water partition coefficient (Wildman–Crippen LogP) is 5.42. The van der Waals surface area contributed by atoms with Gasteiger partial charge in [0, 0.05) is 53.8 Å². The largest absolute Gasteiger partial charge is 0.342 e. The number of pyridine rings is 1. The highest BCUT2D eigenvalue weighted by Crippen LogP contribution is 2.45. The summed E-state index contributed by atoms with van der Waals surface area (Å²) in [5.74, 6) is 0.105. The van der Waals surface area contributed by atoms with Gasteiger partial charge in [-0.25, -0.2) is 0 Å². The number of carbonyl (C=O) groups excluding carboxylic acids is 1. The molecule has 5 heterocycles. The number of aryl methyl sites for hydroxylation is 2. The zero-order valence-electron chi connectivity index (χ0n) is 20.0. The molecule has 0 unspecified atom stereocenters. The van der Waals surface area contributed by atoms with Gasteiger partial charge in [0.15, 0.2) is 0 Å². The van der Waals surface area contributed by atoms with Crippen molar-refractivity contribution in [2.24, 2.45) is 14.1 Å². The quantitative estimate of drug-likeness (QED) is 0.353. The van der Waals surface area contributed by atoms with Crippen LogP contribution in [0.5, 0.6) is 0 Å². The Bertz CT molecular complexity index is 1630. The van der Waals surface area contributed by atoms with Gasteiger partial charge >= 0.3 is 0 Å². The molecule has 7 rings (SSSR count). The van der Waals surface area contributed by atoms with Crippen LogP contribution < -0.4 is 0 Å². The average Bonchev–Trinajstić information content (AvgIpc) is 3.38. The molecule has 1 saturated heterocycles. The van der Waals surface area contributed by atoms with Crippen molar-refractivity contribution in [2.75, 3.05) is 0 Å². The Morgan fingerprint density at radius 2 is 1.83 bits per heavy atom. The Kier molecular flexibility index (Phi) is 4.40. The highest BCUT2D eigenvalue weighted by Gasteiger charge is 2.43. The number of hydrogen-bond donors (Lipinski definition) is 0. The van der Waals surface area contributed by atoms with Gasteiger partial charge in [-0.3, -0.25) is 14.5 Å². The molecule has 6 heteroatoms. The van der Waals surface area contributed by atoms with Crippen molar-refractivity contribution >= 4 is 27.7 Å². The van der Waals surface area contributed by atoms with Crippen LogP contribution in [-0.4, -0.2) is 36.2 Å². The molecule has 6 nitrogen and oxygen atoms in total. The van der Waals surface area contributed by atoms with Crippen LogP contribution in [0, 0.1) is 0 Å². The maximum absolute atomic E-state index is 13.9. The number of piperidine rings is 1. The van der Waals surface area contributed by atoms with E-state index in [9.17, 15) is 4.79 Å². The van der Waals surface area contributed by atoms with Gasteiger partial charge in [0.1, 0.15) is 0 Å². The second-order valence-electron chi connectivity index (χ2n) is 9.91. The molecule has 2 aromatic carbocycles. The molecule has 2 aliphatic heterocycles. The van der Waals surface area contributed by atoms with Crippen LogP contribution in [0.25, 0.3) is 33.2 Å². The van der Waals surface area contributed by atoms with E-state index in [2.05, 4.69) is 51.8 Å². The summed E-state index contributed by atoms with van der Waals surface area (Å²) in [6.07, 6.45) is 5.74. The van der Waals surface area contributed by atoms with E-state index in [-0.39, 0.29) is 18.0 Å². The molecule has 0 spiro atoms. The molecule has 1 amide bonds. The lowest BCUT2D eigenvalue weighted by atomic mass is 9.81. The van der Waals surface area contributed by atoms with E-state index in [0.29, 0.717) is 0 Å². The number of fused-ring (bicyclic) bond motifs is 6. The number of carbonyl (C=O) groups is 1. The van der Waals surface area contributed by atoms with Gasteiger partial charge in [-0.15, -0.1) is 0 Å². The number of para-hydroxylation sites is 1. The van der Waals surface area contributed by atoms with Gasteiger partial charge in [0.2, 0.25) is 0 Å². The van der Waals surface area contributed by atoms with E-state index in [4.69, 9.17) is 5.10 Å². The van der Waals surface area contributed by atoms with Crippen molar-refractivity contribution in [3.63, 3.8) is 0 Å². The van der Waals surface area contributed by atoms with Crippen molar-refractivity contribution in [3.05, 3.63) is 83.7 Å². The fraction of sp³-hybridized carbons (Fsp3) is 0.276. The summed E-state index contributed by atoms with van der Waals surface area (Å²) in [5, 5.41) is 7.27. The van der Waals surface area contributed by atoms with E-state index in [1.54, 1.807) is 6.20 Å². The standard InChI is InChI=1S/C29H27N5O/c1-32-24-10-4-3-7-19(24)16-26(32)28-22-17-21-9-5-11-25(27(22)31-33(28)2)34(21)29(35)20-12-13-23-18(15-20)8-6-14-30-23/h3-4,6-8,10,12-16,21,25H,5,9,11,17H2,1-2H3/t21-,25+/m1/s1. The summed E-state index contributed by atoms with van der Waals surface area (Å²) >= 11 is 0. The Balaban J connectivity index is 1.32. The van der Waals surface area contributed by atoms with Crippen molar-refractivity contribution < 1.29 is 4.79 Å². The van der Waals surface area contributed by atoms with Crippen LogP contribution in [0.2, 0.25) is 0 Å². The van der Waals surface area contributed by atoms with Crippen LogP contribution in [0.3, 0.4) is 0 Å². The number of benzene rings is 2. The molecule has 35 heavy (non-hydrogen) atoms. The highest BCUT2D eigenvalue weighted by molar-refractivity contribution is 5.98. The van der Waals surface area contributed by atoms with Crippen LogP contribution in [0.15, 0.2) is 66.9 Å². The number of amides is 1. The smallest absolute Gasteiger partial charge is 0.254 e. The minimum Gasteiger partial charge on any atom is -0.342 e. The fourth-order valence-corrected chi connectivity index (χ4v) is 6.34. The highest BCUT2D eigenvalue weighted by atomic mass is 16.2. The van der Waals surface area contributed by atoms with E-state index in [0.717, 1.165) is 47.8 Å². The fourth-order valence-electron chi connectivity index (χ4n) is 6.34. The molecule has 174 valence electrons. The van der Waals surface area contributed by atoms with Crippen LogP contribution in [-0.2, 0) is 20.5 Å². The Morgan fingerprint density at radius 1 is 0.971 bits per heavy atom. The monoisotopic (exact) mass is 461 g/mol. The number of hydrogen-bond acceptors (Lipinski definition) is 3. The zero-order chi connectivity index (χ0) is 23.7. The molecular formula is C29H27N5O. The summed E-state index contributed by atoms with van der Waals surface area (Å²) in [6.45, 7) is 0. The first-order valence-corrected chi connectivity index (χ1v) is 12.4. The molecular weight excluding hydrogens is 434 g/mol. The Morgan fingerprint density at radius 3 is 2.71 bits per heavy atom. The van der Waals surface area contributed by atoms with Crippen LogP contribution in [0.4, 0.5) is 0 Å². The van der Waals surface area contributed by atoms with Gasteiger partial charge in [-0.05, 0) is 62.1 Å². The zero-order valence-corrected chi connectivity index (χ0v) is 20.0. The normalized spacial score (nSPS) is 19.3. The minimum atomic E-state index is 0.0178. The number of nitrogens with zero attached hydrogens (tertiary/aromatic N) is 5. The second-order valence-corrected chi connectivity index (χ2v) is 9.91. The van der Waals surface area contributed by atoms with E-state index < -0.39 is 0 Å².